The highest BCUT2D eigenvalue weighted by atomic mass is 35.5. The second-order valence-corrected chi connectivity index (χ2v) is 7.53. The molecule has 31 heavy (non-hydrogen) atoms. The van der Waals surface area contributed by atoms with Gasteiger partial charge >= 0.3 is 0 Å². The third kappa shape index (κ3) is 4.82. The molecule has 0 bridgehead atoms. The van der Waals surface area contributed by atoms with Crippen molar-refractivity contribution >= 4 is 57.1 Å². The standard InChI is InChI=1S/C24H23ClN6/c1-15-20(7-4-12-28-15)30-23-14-24(19(27)13-18(23)26)31-22-6-3-2-5-21(22)29-17-10-8-16(25)9-11-17/h2-14,29-31H,26-27H2,1H3. The van der Waals surface area contributed by atoms with Crippen LogP contribution < -0.4 is 27.4 Å². The lowest BCUT2D eigenvalue weighted by atomic mass is 10.1. The Labute approximate surface area is 186 Å². The zero-order valence-electron chi connectivity index (χ0n) is 17.0. The second-order valence-electron chi connectivity index (χ2n) is 7.09. The van der Waals surface area contributed by atoms with E-state index in [0.717, 1.165) is 39.8 Å². The molecular weight excluding hydrogens is 408 g/mol. The maximum Gasteiger partial charge on any atom is 0.0640 e. The molecule has 7 N–H and O–H groups in total. The zero-order valence-corrected chi connectivity index (χ0v) is 17.7. The quantitative estimate of drug-likeness (QED) is 0.226. The molecule has 6 nitrogen and oxygen atoms in total. The van der Waals surface area contributed by atoms with E-state index >= 15 is 0 Å². The van der Waals surface area contributed by atoms with E-state index in [1.165, 1.54) is 0 Å². The Morgan fingerprint density at radius 3 is 1.90 bits per heavy atom. The van der Waals surface area contributed by atoms with Crippen LogP contribution >= 0.6 is 11.6 Å². The van der Waals surface area contributed by atoms with Crippen molar-refractivity contribution in [2.45, 2.75) is 6.92 Å². The van der Waals surface area contributed by atoms with Crippen molar-refractivity contribution in [2.24, 2.45) is 0 Å². The van der Waals surface area contributed by atoms with Gasteiger partial charge in [-0.1, -0.05) is 23.7 Å². The summed E-state index contributed by atoms with van der Waals surface area (Å²) in [6, 6.07) is 22.9. The molecule has 0 unspecified atom stereocenters. The first-order chi connectivity index (χ1) is 15.0. The number of nitrogens with two attached hydrogens (primary N) is 2. The molecule has 7 heteroatoms. The molecule has 156 valence electrons. The van der Waals surface area contributed by atoms with Gasteiger partial charge in [0.05, 0.1) is 45.5 Å². The predicted molar refractivity (Wildman–Crippen MR) is 132 cm³/mol. The van der Waals surface area contributed by atoms with Crippen molar-refractivity contribution in [3.63, 3.8) is 0 Å². The number of pyridine rings is 1. The van der Waals surface area contributed by atoms with Crippen LogP contribution in [0.4, 0.5) is 45.5 Å². The molecule has 4 rings (SSSR count). The van der Waals surface area contributed by atoms with Crippen LogP contribution in [0.15, 0.2) is 79.0 Å². The summed E-state index contributed by atoms with van der Waals surface area (Å²) in [5, 5.41) is 10.9. The number of anilines is 8. The molecule has 1 heterocycles. The van der Waals surface area contributed by atoms with Crippen LogP contribution in [0.25, 0.3) is 0 Å². The van der Waals surface area contributed by atoms with Gasteiger partial charge in [-0.3, -0.25) is 4.98 Å². The van der Waals surface area contributed by atoms with Gasteiger partial charge in [0.25, 0.3) is 0 Å². The Morgan fingerprint density at radius 1 is 0.677 bits per heavy atom. The summed E-state index contributed by atoms with van der Waals surface area (Å²) in [6.07, 6.45) is 1.75. The first-order valence-corrected chi connectivity index (χ1v) is 10.1. The molecule has 0 spiro atoms. The lowest BCUT2D eigenvalue weighted by Crippen LogP contribution is -2.04. The molecule has 1 aromatic heterocycles. The minimum atomic E-state index is 0.548. The van der Waals surface area contributed by atoms with Crippen molar-refractivity contribution in [2.75, 3.05) is 27.4 Å². The van der Waals surface area contributed by atoms with Gasteiger partial charge in [-0.05, 0) is 67.6 Å². The number of nitrogens with one attached hydrogen (secondary N) is 3. The minimum Gasteiger partial charge on any atom is -0.397 e. The maximum absolute atomic E-state index is 6.26. The SMILES string of the molecule is Cc1ncccc1Nc1cc(Nc2ccccc2Nc2ccc(Cl)cc2)c(N)cc1N. The number of para-hydroxylation sites is 2. The van der Waals surface area contributed by atoms with Crippen molar-refractivity contribution in [1.82, 2.24) is 4.98 Å². The molecule has 0 atom stereocenters. The molecule has 0 radical (unpaired) electrons. The van der Waals surface area contributed by atoms with Crippen molar-refractivity contribution in [3.05, 3.63) is 89.7 Å². The average Bonchev–Trinajstić information content (AvgIpc) is 2.76. The predicted octanol–water partition coefficient (Wildman–Crippen LogP) is 6.44. The smallest absolute Gasteiger partial charge is 0.0640 e. The van der Waals surface area contributed by atoms with E-state index in [1.807, 2.05) is 73.7 Å². The van der Waals surface area contributed by atoms with Gasteiger partial charge in [-0.2, -0.15) is 0 Å². The first kappa shape index (κ1) is 20.4. The fourth-order valence-corrected chi connectivity index (χ4v) is 3.27. The maximum atomic E-state index is 6.26. The van der Waals surface area contributed by atoms with E-state index in [0.29, 0.717) is 16.4 Å². The molecule has 0 aliphatic carbocycles. The number of aromatic nitrogens is 1. The van der Waals surface area contributed by atoms with Gasteiger partial charge in [0.1, 0.15) is 0 Å². The summed E-state index contributed by atoms with van der Waals surface area (Å²) in [7, 11) is 0. The molecule has 0 saturated carbocycles. The molecule has 0 aliphatic heterocycles. The van der Waals surface area contributed by atoms with E-state index in [9.17, 15) is 0 Å². The van der Waals surface area contributed by atoms with Crippen LogP contribution in [0, 0.1) is 6.92 Å². The van der Waals surface area contributed by atoms with E-state index in [2.05, 4.69) is 20.9 Å². The molecule has 0 aliphatic rings. The normalized spacial score (nSPS) is 10.5. The number of nitrogen functional groups attached to an aromatic ring is 2. The third-order valence-corrected chi connectivity index (χ3v) is 5.07. The number of rotatable bonds is 6. The monoisotopic (exact) mass is 430 g/mol. The van der Waals surface area contributed by atoms with Crippen molar-refractivity contribution in [1.29, 1.82) is 0 Å². The fraction of sp³-hybridized carbons (Fsp3) is 0.0417. The highest BCUT2D eigenvalue weighted by Gasteiger charge is 2.10. The summed E-state index contributed by atoms with van der Waals surface area (Å²) in [6.45, 7) is 1.94. The Kier molecular flexibility index (Phi) is 5.82. The number of nitrogens with zero attached hydrogens (tertiary/aromatic N) is 1. The van der Waals surface area contributed by atoms with Gasteiger partial charge in [-0.25, -0.2) is 0 Å². The van der Waals surface area contributed by atoms with Gasteiger partial charge in [0, 0.05) is 16.9 Å². The number of aryl methyl sites for hydroxylation is 1. The first-order valence-electron chi connectivity index (χ1n) is 9.76. The van der Waals surface area contributed by atoms with Crippen LogP contribution in [-0.2, 0) is 0 Å². The highest BCUT2D eigenvalue weighted by molar-refractivity contribution is 6.30. The fourth-order valence-electron chi connectivity index (χ4n) is 3.15. The average molecular weight is 431 g/mol. The third-order valence-electron chi connectivity index (χ3n) is 4.82. The molecule has 3 aromatic carbocycles. The number of hydrogen-bond acceptors (Lipinski definition) is 6. The molecule has 0 saturated heterocycles. The van der Waals surface area contributed by atoms with Gasteiger partial charge in [0.2, 0.25) is 0 Å². The largest absolute Gasteiger partial charge is 0.397 e. The summed E-state index contributed by atoms with van der Waals surface area (Å²) < 4.78 is 0. The molecule has 4 aromatic rings. The van der Waals surface area contributed by atoms with Gasteiger partial charge in [-0.15, -0.1) is 0 Å². The van der Waals surface area contributed by atoms with E-state index in [-0.39, 0.29) is 0 Å². The van der Waals surface area contributed by atoms with Crippen LogP contribution in [-0.4, -0.2) is 4.98 Å². The van der Waals surface area contributed by atoms with Gasteiger partial charge in [0.15, 0.2) is 0 Å². The van der Waals surface area contributed by atoms with Crippen LogP contribution in [0.5, 0.6) is 0 Å². The van der Waals surface area contributed by atoms with Crippen molar-refractivity contribution < 1.29 is 0 Å². The van der Waals surface area contributed by atoms with E-state index in [1.54, 1.807) is 12.3 Å². The second kappa shape index (κ2) is 8.85. The van der Waals surface area contributed by atoms with Crippen LogP contribution in [0.1, 0.15) is 5.69 Å². The Hall–Kier alpha value is -3.90. The lowest BCUT2D eigenvalue weighted by Gasteiger charge is -2.18. The number of hydrogen-bond donors (Lipinski definition) is 5. The summed E-state index contributed by atoms with van der Waals surface area (Å²) in [5.74, 6) is 0. The lowest BCUT2D eigenvalue weighted by molar-refractivity contribution is 1.20. The molecular formula is C24H23ClN6. The zero-order chi connectivity index (χ0) is 21.8. The minimum absolute atomic E-state index is 0.548. The van der Waals surface area contributed by atoms with Crippen LogP contribution in [0.2, 0.25) is 5.02 Å². The molecule has 0 fully saturated rings. The number of benzene rings is 3. The summed E-state index contributed by atoms with van der Waals surface area (Å²) in [4.78, 5) is 4.31. The summed E-state index contributed by atoms with van der Waals surface area (Å²) >= 11 is 5.99. The van der Waals surface area contributed by atoms with Gasteiger partial charge < -0.3 is 27.4 Å². The Balaban J connectivity index is 1.62. The number of halogens is 1. The topological polar surface area (TPSA) is 101 Å². The Morgan fingerprint density at radius 2 is 1.26 bits per heavy atom. The molecule has 0 amide bonds. The van der Waals surface area contributed by atoms with E-state index in [4.69, 9.17) is 23.1 Å². The van der Waals surface area contributed by atoms with E-state index < -0.39 is 0 Å². The highest BCUT2D eigenvalue weighted by Crippen LogP contribution is 2.36. The Bertz CT molecular complexity index is 1210. The van der Waals surface area contributed by atoms with Crippen molar-refractivity contribution in [3.8, 4) is 0 Å². The summed E-state index contributed by atoms with van der Waals surface area (Å²) in [5.41, 5.74) is 19.5. The van der Waals surface area contributed by atoms with Crippen LogP contribution in [0.3, 0.4) is 0 Å².